The fourth-order valence-corrected chi connectivity index (χ4v) is 3.61. The van der Waals surface area contributed by atoms with Crippen molar-refractivity contribution in [1.29, 1.82) is 0 Å². The lowest BCUT2D eigenvalue weighted by atomic mass is 9.97. The molecule has 10 heteroatoms. The van der Waals surface area contributed by atoms with E-state index in [1.807, 2.05) is 19.4 Å². The van der Waals surface area contributed by atoms with Crippen LogP contribution in [0.5, 0.6) is 0 Å². The van der Waals surface area contributed by atoms with E-state index in [1.54, 1.807) is 22.9 Å². The SMILES string of the molecule is Cn1cc(N2CCC[C@H](C(=O)NNc3nc(N)nc4ccc(Cl)cc34)C2)cn1. The third kappa shape index (κ3) is 3.79. The third-order valence-electron chi connectivity index (χ3n) is 4.83. The van der Waals surface area contributed by atoms with Gasteiger partial charge in [-0.25, -0.2) is 4.98 Å². The number of carbonyl (C=O) groups is 1. The number of aromatic nitrogens is 4. The number of nitrogens with one attached hydrogen (secondary N) is 2. The zero-order valence-corrected chi connectivity index (χ0v) is 16.1. The molecule has 4 N–H and O–H groups in total. The minimum atomic E-state index is -0.143. The second-order valence-corrected chi connectivity index (χ2v) is 7.30. The maximum Gasteiger partial charge on any atom is 0.243 e. The molecule has 1 aromatic carbocycles. The predicted octanol–water partition coefficient (Wildman–Crippen LogP) is 1.96. The standard InChI is InChI=1S/C18H21ClN8O/c1-26-10-13(8-21-26)27-6-2-3-11(9-27)17(28)25-24-16-14-7-12(19)4-5-15(14)22-18(20)23-16/h4-5,7-8,10-11H,2-3,6,9H2,1H3,(H,25,28)(H3,20,22,23,24)/t11-/m0/s1. The first-order valence-electron chi connectivity index (χ1n) is 9.02. The van der Waals surface area contributed by atoms with Crippen molar-refractivity contribution in [3.63, 3.8) is 0 Å². The third-order valence-corrected chi connectivity index (χ3v) is 5.06. The summed E-state index contributed by atoms with van der Waals surface area (Å²) in [6, 6.07) is 5.22. The summed E-state index contributed by atoms with van der Waals surface area (Å²) in [7, 11) is 1.88. The molecule has 1 aliphatic heterocycles. The van der Waals surface area contributed by atoms with Crippen molar-refractivity contribution in [2.45, 2.75) is 12.8 Å². The second kappa shape index (κ2) is 7.51. The number of nitrogens with two attached hydrogens (primary N) is 1. The Morgan fingerprint density at radius 2 is 2.21 bits per heavy atom. The molecule has 0 spiro atoms. The minimum Gasteiger partial charge on any atom is -0.368 e. The number of hydrogen-bond donors (Lipinski definition) is 3. The zero-order valence-electron chi connectivity index (χ0n) is 15.4. The van der Waals surface area contributed by atoms with E-state index in [0.29, 0.717) is 28.3 Å². The fourth-order valence-electron chi connectivity index (χ4n) is 3.43. The summed E-state index contributed by atoms with van der Waals surface area (Å²) in [5.74, 6) is 0.293. The van der Waals surface area contributed by atoms with Crippen LogP contribution < -0.4 is 21.5 Å². The lowest BCUT2D eigenvalue weighted by molar-refractivity contribution is -0.124. The highest BCUT2D eigenvalue weighted by Crippen LogP contribution is 2.25. The van der Waals surface area contributed by atoms with Crippen molar-refractivity contribution in [3.8, 4) is 0 Å². The Hall–Kier alpha value is -3.07. The van der Waals surface area contributed by atoms with E-state index in [4.69, 9.17) is 17.3 Å². The number of nitrogens with zero attached hydrogens (tertiary/aromatic N) is 5. The average Bonchev–Trinajstić information content (AvgIpc) is 3.13. The van der Waals surface area contributed by atoms with Crippen LogP contribution in [0.1, 0.15) is 12.8 Å². The van der Waals surface area contributed by atoms with E-state index in [0.717, 1.165) is 25.1 Å². The van der Waals surface area contributed by atoms with E-state index in [2.05, 4.69) is 30.8 Å². The molecule has 0 bridgehead atoms. The van der Waals surface area contributed by atoms with Crippen molar-refractivity contribution < 1.29 is 4.79 Å². The van der Waals surface area contributed by atoms with Gasteiger partial charge in [0.25, 0.3) is 0 Å². The summed E-state index contributed by atoms with van der Waals surface area (Å²) in [4.78, 5) is 23.3. The summed E-state index contributed by atoms with van der Waals surface area (Å²) in [6.07, 6.45) is 5.53. The van der Waals surface area contributed by atoms with E-state index in [1.165, 1.54) is 0 Å². The Balaban J connectivity index is 1.46. The number of nitrogen functional groups attached to an aromatic ring is 1. The van der Waals surface area contributed by atoms with Gasteiger partial charge in [-0.1, -0.05) is 11.6 Å². The topological polar surface area (TPSA) is 114 Å². The molecule has 2 aromatic heterocycles. The molecule has 28 heavy (non-hydrogen) atoms. The molecule has 0 saturated carbocycles. The van der Waals surface area contributed by atoms with Gasteiger partial charge < -0.3 is 10.6 Å². The number of benzene rings is 1. The van der Waals surface area contributed by atoms with Crippen LogP contribution in [-0.4, -0.2) is 38.7 Å². The minimum absolute atomic E-state index is 0.0963. The number of hydrazine groups is 1. The molecule has 1 amide bonds. The molecule has 0 aliphatic carbocycles. The molecule has 9 nitrogen and oxygen atoms in total. The Labute approximate surface area is 166 Å². The Morgan fingerprint density at radius 1 is 1.36 bits per heavy atom. The van der Waals surface area contributed by atoms with E-state index >= 15 is 0 Å². The van der Waals surface area contributed by atoms with E-state index in [-0.39, 0.29) is 17.8 Å². The molecule has 1 fully saturated rings. The molecule has 146 valence electrons. The van der Waals surface area contributed by atoms with Crippen molar-refractivity contribution in [2.75, 3.05) is 29.1 Å². The van der Waals surface area contributed by atoms with Crippen LogP contribution in [0.3, 0.4) is 0 Å². The number of aryl methyl sites for hydroxylation is 1. The number of piperidine rings is 1. The van der Waals surface area contributed by atoms with Crippen LogP contribution in [-0.2, 0) is 11.8 Å². The molecule has 3 heterocycles. The molecule has 1 saturated heterocycles. The number of fused-ring (bicyclic) bond motifs is 1. The highest BCUT2D eigenvalue weighted by molar-refractivity contribution is 6.31. The molecular formula is C18H21ClN8O. The first-order chi connectivity index (χ1) is 13.5. The summed E-state index contributed by atoms with van der Waals surface area (Å²) < 4.78 is 1.76. The molecule has 0 unspecified atom stereocenters. The van der Waals surface area contributed by atoms with Gasteiger partial charge in [-0.05, 0) is 31.0 Å². The van der Waals surface area contributed by atoms with E-state index < -0.39 is 0 Å². The van der Waals surface area contributed by atoms with Crippen LogP contribution >= 0.6 is 11.6 Å². The van der Waals surface area contributed by atoms with Crippen LogP contribution in [0.25, 0.3) is 10.9 Å². The summed E-state index contributed by atoms with van der Waals surface area (Å²) in [5, 5.41) is 5.44. The van der Waals surface area contributed by atoms with Crippen LogP contribution in [0.15, 0.2) is 30.6 Å². The molecule has 1 aliphatic rings. The molecule has 0 radical (unpaired) electrons. The predicted molar refractivity (Wildman–Crippen MR) is 109 cm³/mol. The van der Waals surface area contributed by atoms with Gasteiger partial charge in [-0.3, -0.25) is 20.3 Å². The molecule has 1 atom stereocenters. The van der Waals surface area contributed by atoms with E-state index in [9.17, 15) is 4.79 Å². The van der Waals surface area contributed by atoms with Crippen LogP contribution in [0.4, 0.5) is 17.5 Å². The maximum absolute atomic E-state index is 12.7. The van der Waals surface area contributed by atoms with Crippen molar-refractivity contribution in [1.82, 2.24) is 25.2 Å². The summed E-state index contributed by atoms with van der Waals surface area (Å²) in [5.41, 5.74) is 13.1. The number of carbonyl (C=O) groups excluding carboxylic acids is 1. The van der Waals surface area contributed by atoms with Crippen LogP contribution in [0.2, 0.25) is 5.02 Å². The van der Waals surface area contributed by atoms with Crippen molar-refractivity contribution in [2.24, 2.45) is 13.0 Å². The van der Waals surface area contributed by atoms with Gasteiger partial charge in [0.1, 0.15) is 0 Å². The first-order valence-corrected chi connectivity index (χ1v) is 9.39. The number of rotatable bonds is 4. The summed E-state index contributed by atoms with van der Waals surface area (Å²) in [6.45, 7) is 1.55. The zero-order chi connectivity index (χ0) is 19.7. The van der Waals surface area contributed by atoms with Gasteiger partial charge >= 0.3 is 0 Å². The van der Waals surface area contributed by atoms with Gasteiger partial charge in [0.15, 0.2) is 5.82 Å². The second-order valence-electron chi connectivity index (χ2n) is 6.86. The molecule has 4 rings (SSSR count). The highest BCUT2D eigenvalue weighted by Gasteiger charge is 2.26. The Bertz CT molecular complexity index is 1020. The maximum atomic E-state index is 12.7. The Kier molecular flexibility index (Phi) is 4.91. The first kappa shape index (κ1) is 18.3. The van der Waals surface area contributed by atoms with Gasteiger partial charge in [0, 0.05) is 36.7 Å². The number of hydrogen-bond acceptors (Lipinski definition) is 7. The van der Waals surface area contributed by atoms with Crippen molar-refractivity contribution >= 4 is 45.9 Å². The van der Waals surface area contributed by atoms with Gasteiger partial charge in [0.2, 0.25) is 11.9 Å². The van der Waals surface area contributed by atoms with Gasteiger partial charge in [-0.15, -0.1) is 0 Å². The summed E-state index contributed by atoms with van der Waals surface area (Å²) >= 11 is 6.08. The lowest BCUT2D eigenvalue weighted by Crippen LogP contribution is -2.44. The number of halogens is 1. The number of anilines is 3. The normalized spacial score (nSPS) is 16.9. The lowest BCUT2D eigenvalue weighted by Gasteiger charge is -2.32. The molecular weight excluding hydrogens is 380 g/mol. The largest absolute Gasteiger partial charge is 0.368 e. The Morgan fingerprint density at radius 3 is 3.00 bits per heavy atom. The monoisotopic (exact) mass is 400 g/mol. The smallest absolute Gasteiger partial charge is 0.243 e. The quantitative estimate of drug-likeness (QED) is 0.573. The fraction of sp³-hybridized carbons (Fsp3) is 0.333. The average molecular weight is 401 g/mol. The van der Waals surface area contributed by atoms with Crippen LogP contribution in [0, 0.1) is 5.92 Å². The van der Waals surface area contributed by atoms with Gasteiger partial charge in [-0.2, -0.15) is 10.1 Å². The van der Waals surface area contributed by atoms with Crippen molar-refractivity contribution in [3.05, 3.63) is 35.6 Å². The number of amides is 1. The van der Waals surface area contributed by atoms with Gasteiger partial charge in [0.05, 0.1) is 23.3 Å². The highest BCUT2D eigenvalue weighted by atomic mass is 35.5. The molecule has 3 aromatic rings.